The normalized spacial score (nSPS) is 11.7. The van der Waals surface area contributed by atoms with Gasteiger partial charge in [0.15, 0.2) is 0 Å². The molecule has 5 nitrogen and oxygen atoms in total. The number of carbonyl (C=O) groups excluding carboxylic acids is 1. The number of carbonyl (C=O) groups is 1. The van der Waals surface area contributed by atoms with Gasteiger partial charge in [-0.05, 0) is 23.6 Å². The van der Waals surface area contributed by atoms with Gasteiger partial charge in [-0.15, -0.1) is 12.4 Å². The van der Waals surface area contributed by atoms with Gasteiger partial charge in [-0.25, -0.2) is 0 Å². The van der Waals surface area contributed by atoms with Crippen LogP contribution in [0.3, 0.4) is 0 Å². The molecule has 1 amide bonds. The van der Waals surface area contributed by atoms with Gasteiger partial charge in [-0.3, -0.25) is 9.59 Å². The lowest BCUT2D eigenvalue weighted by Gasteiger charge is -2.16. The largest absolute Gasteiger partial charge is 0.323 e. The van der Waals surface area contributed by atoms with Crippen LogP contribution >= 0.6 is 24.0 Å². The van der Waals surface area contributed by atoms with Gasteiger partial charge in [0.1, 0.15) is 0 Å². The van der Waals surface area contributed by atoms with Crippen molar-refractivity contribution >= 4 is 35.6 Å². The first kappa shape index (κ1) is 20.2. The number of aromatic nitrogens is 1. The molecule has 130 valence electrons. The average Bonchev–Trinajstić information content (AvgIpc) is 2.51. The van der Waals surface area contributed by atoms with Crippen molar-refractivity contribution in [2.75, 3.05) is 5.32 Å². The van der Waals surface area contributed by atoms with Crippen LogP contribution in [0, 0.1) is 5.92 Å². The highest BCUT2D eigenvalue weighted by atomic mass is 35.5. The summed E-state index contributed by atoms with van der Waals surface area (Å²) in [5, 5.41) is 3.33. The lowest BCUT2D eigenvalue weighted by atomic mass is 10.1. The molecule has 0 aliphatic rings. The van der Waals surface area contributed by atoms with Crippen molar-refractivity contribution in [3.8, 4) is 0 Å². The minimum absolute atomic E-state index is 0. The predicted molar refractivity (Wildman–Crippen MR) is 99.9 cm³/mol. The Hall–Kier alpha value is -1.82. The topological polar surface area (TPSA) is 77.1 Å². The van der Waals surface area contributed by atoms with Crippen LogP contribution in [0.4, 0.5) is 5.69 Å². The van der Waals surface area contributed by atoms with E-state index in [0.717, 1.165) is 5.56 Å². The van der Waals surface area contributed by atoms with Crippen molar-refractivity contribution in [2.45, 2.75) is 26.4 Å². The number of anilines is 1. The van der Waals surface area contributed by atoms with E-state index in [-0.39, 0.29) is 29.8 Å². The highest BCUT2D eigenvalue weighted by molar-refractivity contribution is 6.31. The Bertz CT molecular complexity index is 759. The molecule has 1 aromatic carbocycles. The Kier molecular flexibility index (Phi) is 7.48. The zero-order valence-corrected chi connectivity index (χ0v) is 15.1. The van der Waals surface area contributed by atoms with E-state index in [0.29, 0.717) is 17.3 Å². The highest BCUT2D eigenvalue weighted by Gasteiger charge is 2.17. The molecule has 24 heavy (non-hydrogen) atoms. The molecular formula is C17H21Cl2N3O2. The van der Waals surface area contributed by atoms with Crippen molar-refractivity contribution in [1.29, 1.82) is 0 Å². The van der Waals surface area contributed by atoms with Crippen LogP contribution in [0.5, 0.6) is 0 Å². The smallest absolute Gasteiger partial charge is 0.250 e. The lowest BCUT2D eigenvalue weighted by Crippen LogP contribution is -2.40. The third-order valence-electron chi connectivity index (χ3n) is 3.57. The number of amides is 1. The van der Waals surface area contributed by atoms with Gasteiger partial charge in [-0.1, -0.05) is 43.6 Å². The number of halogens is 2. The summed E-state index contributed by atoms with van der Waals surface area (Å²) in [6.07, 6.45) is 1.59. The molecule has 3 N–H and O–H groups in total. The fourth-order valence-corrected chi connectivity index (χ4v) is 2.26. The minimum Gasteiger partial charge on any atom is -0.323 e. The zero-order valence-electron chi connectivity index (χ0n) is 13.5. The zero-order chi connectivity index (χ0) is 17.0. The first-order valence-electron chi connectivity index (χ1n) is 7.39. The summed E-state index contributed by atoms with van der Waals surface area (Å²) >= 11 is 6.13. The van der Waals surface area contributed by atoms with E-state index in [1.165, 1.54) is 10.6 Å². The third kappa shape index (κ3) is 5.09. The van der Waals surface area contributed by atoms with Gasteiger partial charge < -0.3 is 15.6 Å². The highest BCUT2D eigenvalue weighted by Crippen LogP contribution is 2.16. The van der Waals surface area contributed by atoms with E-state index in [9.17, 15) is 9.59 Å². The molecule has 0 fully saturated rings. The van der Waals surface area contributed by atoms with Crippen molar-refractivity contribution in [3.63, 3.8) is 0 Å². The monoisotopic (exact) mass is 369 g/mol. The summed E-state index contributed by atoms with van der Waals surface area (Å²) < 4.78 is 1.50. The molecule has 1 atom stereocenters. The van der Waals surface area contributed by atoms with Crippen LogP contribution in [0.25, 0.3) is 0 Å². The second-order valence-corrected chi connectivity index (χ2v) is 6.14. The van der Waals surface area contributed by atoms with Crippen LogP contribution in [-0.2, 0) is 11.3 Å². The Labute approximate surface area is 152 Å². The van der Waals surface area contributed by atoms with Gasteiger partial charge in [0.05, 0.1) is 18.3 Å². The number of nitrogens with one attached hydrogen (secondary N) is 1. The van der Waals surface area contributed by atoms with Gasteiger partial charge >= 0.3 is 0 Å². The minimum atomic E-state index is -0.598. The van der Waals surface area contributed by atoms with Crippen LogP contribution < -0.4 is 16.6 Å². The molecule has 0 aliphatic heterocycles. The molecule has 2 rings (SSSR count). The molecule has 0 saturated heterocycles. The molecule has 1 unspecified atom stereocenters. The number of pyridine rings is 1. The summed E-state index contributed by atoms with van der Waals surface area (Å²) in [7, 11) is 0. The van der Waals surface area contributed by atoms with Gasteiger partial charge in [0, 0.05) is 17.3 Å². The number of hydrogen-bond donors (Lipinski definition) is 2. The first-order valence-corrected chi connectivity index (χ1v) is 7.76. The van der Waals surface area contributed by atoms with Crippen LogP contribution in [-0.4, -0.2) is 16.5 Å². The maximum Gasteiger partial charge on any atom is 0.250 e. The van der Waals surface area contributed by atoms with Crippen LogP contribution in [0.1, 0.15) is 19.4 Å². The summed E-state index contributed by atoms with van der Waals surface area (Å²) in [5.74, 6) is -0.244. The molecular weight excluding hydrogens is 349 g/mol. The molecule has 1 aromatic heterocycles. The SMILES string of the molecule is CC(C)C(N)C(=O)Nc1ccc(=O)n(Cc2ccccc2Cl)c1.Cl. The summed E-state index contributed by atoms with van der Waals surface area (Å²) in [4.78, 5) is 24.0. The Balaban J connectivity index is 0.00000288. The van der Waals surface area contributed by atoms with E-state index in [2.05, 4.69) is 5.32 Å². The number of rotatable bonds is 5. The molecule has 0 bridgehead atoms. The van der Waals surface area contributed by atoms with Crippen molar-refractivity contribution in [1.82, 2.24) is 4.57 Å². The van der Waals surface area contributed by atoms with Crippen LogP contribution in [0.2, 0.25) is 5.02 Å². The summed E-state index contributed by atoms with van der Waals surface area (Å²) in [5.41, 5.74) is 7.01. The molecule has 1 heterocycles. The molecule has 2 aromatic rings. The van der Waals surface area contributed by atoms with Crippen molar-refractivity contribution in [2.24, 2.45) is 11.7 Å². The van der Waals surface area contributed by atoms with Gasteiger partial charge in [0.25, 0.3) is 5.56 Å². The average molecular weight is 370 g/mol. The van der Waals surface area contributed by atoms with E-state index < -0.39 is 6.04 Å². The third-order valence-corrected chi connectivity index (χ3v) is 3.94. The van der Waals surface area contributed by atoms with Crippen molar-refractivity contribution in [3.05, 3.63) is 63.5 Å². The Morgan fingerprint density at radius 2 is 1.92 bits per heavy atom. The molecule has 0 spiro atoms. The molecule has 7 heteroatoms. The number of nitrogens with two attached hydrogens (primary N) is 1. The number of benzene rings is 1. The summed E-state index contributed by atoms with van der Waals surface area (Å²) in [6.45, 7) is 4.09. The lowest BCUT2D eigenvalue weighted by molar-refractivity contribution is -0.118. The standard InChI is InChI=1S/C17H20ClN3O2.ClH/c1-11(2)16(19)17(23)20-13-7-8-15(22)21(10-13)9-12-5-3-4-6-14(12)18;/h3-8,10-11,16H,9,19H2,1-2H3,(H,20,23);1H. The predicted octanol–water partition coefficient (Wildman–Crippen LogP) is 2.89. The maximum atomic E-state index is 12.0. The van der Waals surface area contributed by atoms with E-state index >= 15 is 0 Å². The second-order valence-electron chi connectivity index (χ2n) is 5.73. The molecule has 0 radical (unpaired) electrons. The fraction of sp³-hybridized carbons (Fsp3) is 0.294. The van der Waals surface area contributed by atoms with Gasteiger partial charge in [-0.2, -0.15) is 0 Å². The van der Waals surface area contributed by atoms with Crippen LogP contribution in [0.15, 0.2) is 47.4 Å². The summed E-state index contributed by atoms with van der Waals surface area (Å²) in [6, 6.07) is 9.70. The van der Waals surface area contributed by atoms with Gasteiger partial charge in [0.2, 0.25) is 5.91 Å². The quantitative estimate of drug-likeness (QED) is 0.850. The van der Waals surface area contributed by atoms with E-state index in [1.54, 1.807) is 18.3 Å². The molecule has 0 aliphatic carbocycles. The fourth-order valence-electron chi connectivity index (χ4n) is 2.07. The number of hydrogen-bond acceptors (Lipinski definition) is 3. The van der Waals surface area contributed by atoms with E-state index in [1.807, 2.05) is 32.0 Å². The second kappa shape index (κ2) is 8.87. The number of nitrogens with zero attached hydrogens (tertiary/aromatic N) is 1. The van der Waals surface area contributed by atoms with E-state index in [4.69, 9.17) is 17.3 Å². The Morgan fingerprint density at radius 1 is 1.25 bits per heavy atom. The Morgan fingerprint density at radius 3 is 2.54 bits per heavy atom. The maximum absolute atomic E-state index is 12.0. The van der Waals surface area contributed by atoms with Crippen molar-refractivity contribution < 1.29 is 4.79 Å². The first-order chi connectivity index (χ1) is 10.9. The molecule has 0 saturated carbocycles.